The molecule has 1 atom stereocenters. The minimum atomic E-state index is -0.219. The molecule has 2 aromatic rings. The molecule has 0 radical (unpaired) electrons. The topological polar surface area (TPSA) is 91.0 Å². The second kappa shape index (κ2) is 4.90. The Hall–Kier alpha value is -1.40. The predicted octanol–water partition coefficient (Wildman–Crippen LogP) is 1.56. The van der Waals surface area contributed by atoms with Gasteiger partial charge < -0.3 is 14.8 Å². The van der Waals surface area contributed by atoms with Gasteiger partial charge in [0.05, 0.1) is 6.04 Å². The number of nitrogens with two attached hydrogens (primary N) is 1. The summed E-state index contributed by atoms with van der Waals surface area (Å²) in [4.78, 5) is 4.10. The van der Waals surface area contributed by atoms with Crippen molar-refractivity contribution in [3.8, 4) is 11.5 Å². The van der Waals surface area contributed by atoms with Crippen molar-refractivity contribution in [2.45, 2.75) is 19.4 Å². The van der Waals surface area contributed by atoms with Crippen molar-refractivity contribution in [2.24, 2.45) is 5.73 Å². The summed E-state index contributed by atoms with van der Waals surface area (Å²) < 4.78 is 9.64. The summed E-state index contributed by atoms with van der Waals surface area (Å²) in [6.45, 7) is 1.95. The van der Waals surface area contributed by atoms with Gasteiger partial charge >= 0.3 is 0 Å². The van der Waals surface area contributed by atoms with Crippen molar-refractivity contribution in [1.82, 2.24) is 15.3 Å². The molecule has 2 N–H and O–H groups in total. The summed E-state index contributed by atoms with van der Waals surface area (Å²) >= 11 is 0. The smallest absolute Gasteiger partial charge is 0.243 e. The fourth-order valence-corrected chi connectivity index (χ4v) is 0.992. The van der Waals surface area contributed by atoms with E-state index < -0.39 is 0 Å². The molecule has 0 aliphatic carbocycles. The molecule has 6 nitrogen and oxygen atoms in total. The lowest BCUT2D eigenvalue weighted by molar-refractivity contribution is 0.352. The van der Waals surface area contributed by atoms with E-state index in [0.717, 1.165) is 6.42 Å². The molecule has 0 bridgehead atoms. The maximum Gasteiger partial charge on any atom is 0.243 e. The summed E-state index contributed by atoms with van der Waals surface area (Å²) in [6, 6.07) is 1.44. The van der Waals surface area contributed by atoms with Crippen molar-refractivity contribution in [2.75, 3.05) is 0 Å². The zero-order valence-corrected chi connectivity index (χ0v) is 8.90. The Morgan fingerprint density at radius 3 is 2.87 bits per heavy atom. The van der Waals surface area contributed by atoms with Crippen LogP contribution in [0.5, 0.6) is 0 Å². The van der Waals surface area contributed by atoms with Gasteiger partial charge in [0.15, 0.2) is 5.69 Å². The average molecular weight is 231 g/mol. The highest BCUT2D eigenvalue weighted by molar-refractivity contribution is 5.85. The molecule has 15 heavy (non-hydrogen) atoms. The number of rotatable bonds is 3. The van der Waals surface area contributed by atoms with Gasteiger partial charge in [-0.25, -0.2) is 0 Å². The molecule has 0 spiro atoms. The second-order valence-electron chi connectivity index (χ2n) is 2.86. The van der Waals surface area contributed by atoms with E-state index in [1.165, 1.54) is 6.26 Å². The highest BCUT2D eigenvalue weighted by Crippen LogP contribution is 2.16. The Morgan fingerprint density at radius 1 is 1.47 bits per heavy atom. The Kier molecular flexibility index (Phi) is 3.81. The van der Waals surface area contributed by atoms with Crippen LogP contribution in [0.2, 0.25) is 0 Å². The maximum atomic E-state index is 5.72. The number of nitrogens with zero attached hydrogens (tertiary/aromatic N) is 3. The zero-order chi connectivity index (χ0) is 9.97. The molecule has 0 fully saturated rings. The van der Waals surface area contributed by atoms with Gasteiger partial charge in [-0.05, 0) is 6.42 Å². The van der Waals surface area contributed by atoms with E-state index in [1.807, 2.05) is 6.92 Å². The third kappa shape index (κ3) is 2.34. The van der Waals surface area contributed by atoms with Gasteiger partial charge in [-0.1, -0.05) is 17.2 Å². The highest BCUT2D eigenvalue weighted by atomic mass is 35.5. The summed E-state index contributed by atoms with van der Waals surface area (Å²) in [7, 11) is 0. The standard InChI is InChI=1S/C8H10N4O2.ClH/c1-2-5(9)8-10-7(12-14-8)6-3-4-13-11-6;/h3-5H,2,9H2,1H3;1H. The van der Waals surface area contributed by atoms with Crippen LogP contribution in [0, 0.1) is 0 Å². The van der Waals surface area contributed by atoms with E-state index in [2.05, 4.69) is 19.8 Å². The number of aromatic nitrogens is 3. The van der Waals surface area contributed by atoms with E-state index in [1.54, 1.807) is 6.07 Å². The molecular formula is C8H11ClN4O2. The second-order valence-corrected chi connectivity index (χ2v) is 2.86. The van der Waals surface area contributed by atoms with Gasteiger partial charge in [0, 0.05) is 6.07 Å². The van der Waals surface area contributed by atoms with Gasteiger partial charge in [0.25, 0.3) is 0 Å². The molecule has 0 amide bonds. The van der Waals surface area contributed by atoms with Gasteiger partial charge in [-0.2, -0.15) is 4.98 Å². The molecular weight excluding hydrogens is 220 g/mol. The van der Waals surface area contributed by atoms with Crippen LogP contribution in [-0.2, 0) is 0 Å². The Labute approximate surface area is 92.2 Å². The van der Waals surface area contributed by atoms with E-state index in [4.69, 9.17) is 10.3 Å². The van der Waals surface area contributed by atoms with Crippen LogP contribution in [0.15, 0.2) is 21.4 Å². The molecule has 0 saturated carbocycles. The number of halogens is 1. The van der Waals surface area contributed by atoms with Crippen LogP contribution in [0.4, 0.5) is 0 Å². The lowest BCUT2D eigenvalue weighted by Gasteiger charge is -1.98. The van der Waals surface area contributed by atoms with Crippen LogP contribution in [0.1, 0.15) is 25.3 Å². The first-order valence-electron chi connectivity index (χ1n) is 4.31. The molecule has 0 aliphatic rings. The van der Waals surface area contributed by atoms with Crippen LogP contribution in [-0.4, -0.2) is 15.3 Å². The first-order chi connectivity index (χ1) is 6.81. The summed E-state index contributed by atoms with van der Waals surface area (Å²) in [5.74, 6) is 0.822. The van der Waals surface area contributed by atoms with Gasteiger partial charge in [0.1, 0.15) is 6.26 Å². The zero-order valence-electron chi connectivity index (χ0n) is 8.08. The van der Waals surface area contributed by atoms with Crippen molar-refractivity contribution < 1.29 is 9.05 Å². The van der Waals surface area contributed by atoms with E-state index in [-0.39, 0.29) is 18.4 Å². The van der Waals surface area contributed by atoms with Gasteiger partial charge in [-0.15, -0.1) is 12.4 Å². The minimum absolute atomic E-state index is 0. The number of hydrogen-bond donors (Lipinski definition) is 1. The van der Waals surface area contributed by atoms with E-state index in [0.29, 0.717) is 17.4 Å². The lowest BCUT2D eigenvalue weighted by Crippen LogP contribution is -2.08. The highest BCUT2D eigenvalue weighted by Gasteiger charge is 2.15. The van der Waals surface area contributed by atoms with E-state index >= 15 is 0 Å². The monoisotopic (exact) mass is 230 g/mol. The Morgan fingerprint density at radius 2 is 2.27 bits per heavy atom. The lowest BCUT2D eigenvalue weighted by atomic mass is 10.2. The van der Waals surface area contributed by atoms with Gasteiger partial charge in [0.2, 0.25) is 11.7 Å². The third-order valence-electron chi connectivity index (χ3n) is 1.87. The van der Waals surface area contributed by atoms with Crippen LogP contribution in [0.25, 0.3) is 11.5 Å². The van der Waals surface area contributed by atoms with E-state index in [9.17, 15) is 0 Å². The van der Waals surface area contributed by atoms with Crippen LogP contribution >= 0.6 is 12.4 Å². The number of hydrogen-bond acceptors (Lipinski definition) is 6. The molecule has 2 aromatic heterocycles. The quantitative estimate of drug-likeness (QED) is 0.860. The summed E-state index contributed by atoms with van der Waals surface area (Å²) in [5.41, 5.74) is 6.27. The Balaban J connectivity index is 0.00000112. The summed E-state index contributed by atoms with van der Waals surface area (Å²) in [6.07, 6.45) is 2.20. The van der Waals surface area contributed by atoms with Crippen molar-refractivity contribution in [3.05, 3.63) is 18.2 Å². The Bertz CT molecular complexity index is 400. The molecule has 0 aromatic carbocycles. The summed E-state index contributed by atoms with van der Waals surface area (Å²) in [5, 5.41) is 7.42. The molecule has 0 saturated heterocycles. The largest absolute Gasteiger partial charge is 0.364 e. The first-order valence-corrected chi connectivity index (χ1v) is 4.31. The molecule has 7 heteroatoms. The fourth-order valence-electron chi connectivity index (χ4n) is 0.992. The third-order valence-corrected chi connectivity index (χ3v) is 1.87. The van der Waals surface area contributed by atoms with Crippen LogP contribution < -0.4 is 5.73 Å². The van der Waals surface area contributed by atoms with Crippen molar-refractivity contribution >= 4 is 12.4 Å². The van der Waals surface area contributed by atoms with Crippen molar-refractivity contribution in [1.29, 1.82) is 0 Å². The SMILES string of the molecule is CCC(N)c1nc(-c2ccon2)no1.Cl. The maximum absolute atomic E-state index is 5.72. The van der Waals surface area contributed by atoms with Crippen LogP contribution in [0.3, 0.4) is 0 Å². The van der Waals surface area contributed by atoms with Crippen molar-refractivity contribution in [3.63, 3.8) is 0 Å². The average Bonchev–Trinajstić information content (AvgIpc) is 2.86. The molecule has 0 aliphatic heterocycles. The normalized spacial score (nSPS) is 12.1. The minimum Gasteiger partial charge on any atom is -0.364 e. The predicted molar refractivity (Wildman–Crippen MR) is 54.3 cm³/mol. The molecule has 2 heterocycles. The molecule has 82 valence electrons. The molecule has 2 rings (SSSR count). The first kappa shape index (κ1) is 11.7. The van der Waals surface area contributed by atoms with Gasteiger partial charge in [-0.3, -0.25) is 0 Å². The fraction of sp³-hybridized carbons (Fsp3) is 0.375. The molecule has 1 unspecified atom stereocenters.